The maximum atomic E-state index is 8.80. The Hall–Kier alpha value is -1.45. The lowest BCUT2D eigenvalue weighted by Gasteiger charge is -2.08. The van der Waals surface area contributed by atoms with Gasteiger partial charge in [0.05, 0.1) is 57.9 Å². The molecule has 0 aromatic heterocycles. The Labute approximate surface area is 126 Å². The van der Waals surface area contributed by atoms with Crippen LogP contribution in [0.2, 0.25) is 0 Å². The summed E-state index contributed by atoms with van der Waals surface area (Å²) < 4.78 is 21.1. The average Bonchev–Trinajstić information content (AvgIpc) is 2.50. The Bertz CT molecular complexity index is 442. The summed E-state index contributed by atoms with van der Waals surface area (Å²) in [6, 6.07) is 7.72. The quantitative estimate of drug-likeness (QED) is 0.584. The second kappa shape index (κ2) is 11.2. The van der Waals surface area contributed by atoms with Gasteiger partial charge >= 0.3 is 0 Å². The molecule has 116 valence electrons. The molecule has 21 heavy (non-hydrogen) atoms. The Morgan fingerprint density at radius 2 is 1.57 bits per heavy atom. The van der Waals surface area contributed by atoms with Gasteiger partial charge in [-0.05, 0) is 30.2 Å². The Kier molecular flexibility index (Phi) is 9.42. The maximum absolute atomic E-state index is 8.80. The molecule has 5 nitrogen and oxygen atoms in total. The third-order valence-electron chi connectivity index (χ3n) is 2.91. The normalized spacial score (nSPS) is 10.5. The van der Waals surface area contributed by atoms with Crippen LogP contribution in [-0.2, 0) is 25.6 Å². The van der Waals surface area contributed by atoms with E-state index in [4.69, 9.17) is 24.2 Å². The van der Waals surface area contributed by atoms with Crippen molar-refractivity contribution in [3.05, 3.63) is 34.9 Å². The van der Waals surface area contributed by atoms with Gasteiger partial charge in [0.25, 0.3) is 0 Å². The van der Waals surface area contributed by atoms with Crippen LogP contribution in [0.4, 0.5) is 0 Å². The minimum Gasteiger partial charge on any atom is -0.382 e. The van der Waals surface area contributed by atoms with Crippen LogP contribution in [0, 0.1) is 18.3 Å². The molecular weight excluding hydrogens is 270 g/mol. The fourth-order valence-electron chi connectivity index (χ4n) is 1.69. The van der Waals surface area contributed by atoms with E-state index in [2.05, 4.69) is 6.07 Å². The van der Waals surface area contributed by atoms with E-state index < -0.39 is 0 Å². The molecule has 0 fully saturated rings. The van der Waals surface area contributed by atoms with Gasteiger partial charge < -0.3 is 18.9 Å². The van der Waals surface area contributed by atoms with E-state index in [0.29, 0.717) is 51.8 Å². The van der Waals surface area contributed by atoms with Crippen LogP contribution in [0.25, 0.3) is 0 Å². The zero-order valence-corrected chi connectivity index (χ0v) is 12.8. The Balaban J connectivity index is 2.03. The van der Waals surface area contributed by atoms with E-state index in [1.165, 1.54) is 0 Å². The smallest absolute Gasteiger partial charge is 0.0991 e. The van der Waals surface area contributed by atoms with E-state index in [0.717, 1.165) is 11.1 Å². The molecule has 1 rings (SSSR count). The summed E-state index contributed by atoms with van der Waals surface area (Å²) in [7, 11) is 1.65. The zero-order chi connectivity index (χ0) is 15.3. The predicted octanol–water partition coefficient (Wildman–Crippen LogP) is 2.06. The fourth-order valence-corrected chi connectivity index (χ4v) is 1.69. The highest BCUT2D eigenvalue weighted by molar-refractivity contribution is 5.37. The molecule has 1 aromatic carbocycles. The van der Waals surface area contributed by atoms with Crippen LogP contribution in [0.15, 0.2) is 18.2 Å². The van der Waals surface area contributed by atoms with Crippen molar-refractivity contribution in [1.82, 2.24) is 0 Å². The predicted molar refractivity (Wildman–Crippen MR) is 79.1 cm³/mol. The molecule has 0 saturated heterocycles. The molecule has 0 unspecified atom stereocenters. The Morgan fingerprint density at radius 1 is 0.952 bits per heavy atom. The highest BCUT2D eigenvalue weighted by Crippen LogP contribution is 2.11. The van der Waals surface area contributed by atoms with Crippen LogP contribution in [0.5, 0.6) is 0 Å². The highest BCUT2D eigenvalue weighted by atomic mass is 16.6. The summed E-state index contributed by atoms with van der Waals surface area (Å²) in [6.45, 7) is 5.92. The standard InChI is InChI=1S/C16H23NO4/c1-14-11-15(12-17)3-4-16(14)13-21-10-9-20-8-7-19-6-5-18-2/h3-4,11H,5-10,13H2,1-2H3. The number of nitrogens with zero attached hydrogens (tertiary/aromatic N) is 1. The molecule has 0 radical (unpaired) electrons. The molecule has 0 aliphatic heterocycles. The largest absolute Gasteiger partial charge is 0.382 e. The number of methoxy groups -OCH3 is 1. The van der Waals surface area contributed by atoms with Crippen LogP contribution < -0.4 is 0 Å². The summed E-state index contributed by atoms with van der Waals surface area (Å²) in [4.78, 5) is 0. The number of benzene rings is 1. The number of aryl methyl sites for hydroxylation is 1. The molecular formula is C16H23NO4. The number of nitriles is 1. The number of rotatable bonds is 11. The lowest BCUT2D eigenvalue weighted by atomic mass is 10.1. The summed E-state index contributed by atoms with van der Waals surface area (Å²) >= 11 is 0. The lowest BCUT2D eigenvalue weighted by Crippen LogP contribution is -2.11. The van der Waals surface area contributed by atoms with Crippen molar-refractivity contribution in [2.45, 2.75) is 13.5 Å². The molecule has 0 saturated carbocycles. The zero-order valence-electron chi connectivity index (χ0n) is 12.8. The fraction of sp³-hybridized carbons (Fsp3) is 0.562. The second-order valence-corrected chi connectivity index (χ2v) is 4.52. The SMILES string of the molecule is COCCOCCOCCOCc1ccc(C#N)cc1C. The molecule has 0 amide bonds. The number of hydrogen-bond acceptors (Lipinski definition) is 5. The third-order valence-corrected chi connectivity index (χ3v) is 2.91. The highest BCUT2D eigenvalue weighted by Gasteiger charge is 2.00. The van der Waals surface area contributed by atoms with Gasteiger partial charge in [-0.2, -0.15) is 5.26 Å². The van der Waals surface area contributed by atoms with Crippen molar-refractivity contribution in [2.75, 3.05) is 46.8 Å². The molecule has 0 aliphatic rings. The van der Waals surface area contributed by atoms with Gasteiger partial charge in [0.1, 0.15) is 0 Å². The van der Waals surface area contributed by atoms with E-state index >= 15 is 0 Å². The number of hydrogen-bond donors (Lipinski definition) is 0. The van der Waals surface area contributed by atoms with Crippen LogP contribution in [-0.4, -0.2) is 46.8 Å². The average molecular weight is 293 g/mol. The van der Waals surface area contributed by atoms with Crippen molar-refractivity contribution >= 4 is 0 Å². The third kappa shape index (κ3) is 7.78. The van der Waals surface area contributed by atoms with Crippen molar-refractivity contribution in [3.63, 3.8) is 0 Å². The molecule has 5 heteroatoms. The molecule has 0 N–H and O–H groups in total. The van der Waals surface area contributed by atoms with Gasteiger partial charge in [0.2, 0.25) is 0 Å². The van der Waals surface area contributed by atoms with E-state index in [-0.39, 0.29) is 0 Å². The van der Waals surface area contributed by atoms with Gasteiger partial charge in [0.15, 0.2) is 0 Å². The topological polar surface area (TPSA) is 60.7 Å². The first-order chi connectivity index (χ1) is 10.3. The Morgan fingerprint density at radius 3 is 2.14 bits per heavy atom. The van der Waals surface area contributed by atoms with Crippen LogP contribution in [0.3, 0.4) is 0 Å². The van der Waals surface area contributed by atoms with E-state index in [1.807, 2.05) is 19.1 Å². The molecule has 0 spiro atoms. The monoisotopic (exact) mass is 293 g/mol. The molecule has 0 bridgehead atoms. The van der Waals surface area contributed by atoms with Crippen molar-refractivity contribution in [2.24, 2.45) is 0 Å². The summed E-state index contributed by atoms with van der Waals surface area (Å²) in [5, 5.41) is 8.80. The van der Waals surface area contributed by atoms with E-state index in [1.54, 1.807) is 13.2 Å². The van der Waals surface area contributed by atoms with Gasteiger partial charge in [-0.1, -0.05) is 6.07 Å². The molecule has 0 heterocycles. The summed E-state index contributed by atoms with van der Waals surface area (Å²) in [5.41, 5.74) is 2.84. The van der Waals surface area contributed by atoms with Gasteiger partial charge in [0, 0.05) is 7.11 Å². The first-order valence-electron chi connectivity index (χ1n) is 6.99. The minimum absolute atomic E-state index is 0.533. The minimum atomic E-state index is 0.533. The van der Waals surface area contributed by atoms with E-state index in [9.17, 15) is 0 Å². The van der Waals surface area contributed by atoms with Crippen LogP contribution in [0.1, 0.15) is 16.7 Å². The first-order valence-corrected chi connectivity index (χ1v) is 6.99. The van der Waals surface area contributed by atoms with Crippen LogP contribution >= 0.6 is 0 Å². The summed E-state index contributed by atoms with van der Waals surface area (Å²) in [6.07, 6.45) is 0. The second-order valence-electron chi connectivity index (χ2n) is 4.52. The van der Waals surface area contributed by atoms with Crippen molar-refractivity contribution < 1.29 is 18.9 Å². The summed E-state index contributed by atoms with van der Waals surface area (Å²) in [5.74, 6) is 0. The number of ether oxygens (including phenoxy) is 4. The van der Waals surface area contributed by atoms with Gasteiger partial charge in [-0.25, -0.2) is 0 Å². The van der Waals surface area contributed by atoms with Gasteiger partial charge in [-0.15, -0.1) is 0 Å². The first kappa shape index (κ1) is 17.6. The lowest BCUT2D eigenvalue weighted by molar-refractivity contribution is 0.000813. The molecule has 0 aliphatic carbocycles. The molecule has 0 atom stereocenters. The molecule has 1 aromatic rings. The van der Waals surface area contributed by atoms with Gasteiger partial charge in [-0.3, -0.25) is 0 Å². The maximum Gasteiger partial charge on any atom is 0.0991 e. The van der Waals surface area contributed by atoms with Crippen molar-refractivity contribution in [1.29, 1.82) is 5.26 Å². The van der Waals surface area contributed by atoms with Crippen molar-refractivity contribution in [3.8, 4) is 6.07 Å².